The van der Waals surface area contributed by atoms with Crippen molar-refractivity contribution >= 4 is 15.5 Å². The molecule has 0 atom stereocenters. The summed E-state index contributed by atoms with van der Waals surface area (Å²) in [5.74, 6) is 0.0644. The van der Waals surface area contributed by atoms with Crippen molar-refractivity contribution in [2.45, 2.75) is 12.6 Å². The first-order chi connectivity index (χ1) is 8.59. The lowest BCUT2D eigenvalue weighted by Gasteiger charge is -2.11. The van der Waals surface area contributed by atoms with Gasteiger partial charge in [-0.1, -0.05) is 0 Å². The molecule has 1 aromatic carbocycles. The van der Waals surface area contributed by atoms with E-state index in [2.05, 4.69) is 0 Å². The van der Waals surface area contributed by atoms with Crippen molar-refractivity contribution in [1.29, 1.82) is 0 Å². The van der Waals surface area contributed by atoms with Gasteiger partial charge in [-0.3, -0.25) is 0 Å². The Morgan fingerprint density at radius 3 is 2.42 bits per heavy atom. The normalized spacial score (nSPS) is 12.4. The highest BCUT2D eigenvalue weighted by atomic mass is 32.2. The van der Waals surface area contributed by atoms with Crippen molar-refractivity contribution in [3.05, 3.63) is 23.8 Å². The number of rotatable bonds is 5. The minimum Gasteiger partial charge on any atom is -0.491 e. The Morgan fingerprint density at radius 2 is 1.95 bits per heavy atom. The molecule has 0 saturated carbocycles. The molecule has 8 heteroatoms. The van der Waals surface area contributed by atoms with Gasteiger partial charge in [-0.25, -0.2) is 8.42 Å². The maximum Gasteiger partial charge on any atom is 0.416 e. The van der Waals surface area contributed by atoms with Crippen LogP contribution >= 0.6 is 0 Å². The molecule has 1 rings (SSSR count). The zero-order valence-corrected chi connectivity index (χ0v) is 11.0. The first-order valence-corrected chi connectivity index (χ1v) is 7.43. The summed E-state index contributed by atoms with van der Waals surface area (Å²) in [6.07, 6.45) is -3.11. The molecule has 0 radical (unpaired) electrons. The molecular weight excluding hydrogens is 283 g/mol. The van der Waals surface area contributed by atoms with Gasteiger partial charge in [0.05, 0.1) is 23.6 Å². The van der Waals surface area contributed by atoms with Crippen LogP contribution < -0.4 is 10.5 Å². The Balaban J connectivity index is 2.61. The lowest BCUT2D eigenvalue weighted by molar-refractivity contribution is -0.137. The molecule has 1 aromatic rings. The van der Waals surface area contributed by atoms with E-state index in [-0.39, 0.29) is 30.2 Å². The van der Waals surface area contributed by atoms with Gasteiger partial charge in [0.25, 0.3) is 0 Å². The first-order valence-electron chi connectivity index (χ1n) is 5.37. The molecule has 0 spiro atoms. The highest BCUT2D eigenvalue weighted by Crippen LogP contribution is 2.33. The van der Waals surface area contributed by atoms with E-state index < -0.39 is 21.6 Å². The summed E-state index contributed by atoms with van der Waals surface area (Å²) in [6.45, 7) is 0.0721. The average molecular weight is 297 g/mol. The third-order valence-corrected chi connectivity index (χ3v) is 3.28. The number of hydrogen-bond acceptors (Lipinski definition) is 4. The minimum absolute atomic E-state index is 0.0481. The van der Waals surface area contributed by atoms with E-state index in [1.165, 1.54) is 0 Å². The third-order valence-electron chi connectivity index (χ3n) is 2.25. The van der Waals surface area contributed by atoms with E-state index in [9.17, 15) is 21.6 Å². The van der Waals surface area contributed by atoms with Gasteiger partial charge >= 0.3 is 6.18 Å². The Bertz CT molecular complexity index is 541. The molecule has 0 aliphatic rings. The molecule has 0 unspecified atom stereocenters. The van der Waals surface area contributed by atoms with Gasteiger partial charge in [0, 0.05) is 6.26 Å². The van der Waals surface area contributed by atoms with Gasteiger partial charge in [0.15, 0.2) is 0 Å². The van der Waals surface area contributed by atoms with E-state index in [0.717, 1.165) is 24.5 Å². The molecular formula is C11H14F3NO3S. The highest BCUT2D eigenvalue weighted by molar-refractivity contribution is 7.90. The third kappa shape index (κ3) is 5.37. The van der Waals surface area contributed by atoms with Gasteiger partial charge in [0.2, 0.25) is 0 Å². The predicted molar refractivity (Wildman–Crippen MR) is 65.7 cm³/mol. The second-order valence-corrected chi connectivity index (χ2v) is 6.34. The van der Waals surface area contributed by atoms with Gasteiger partial charge in [-0.05, 0) is 24.6 Å². The van der Waals surface area contributed by atoms with Gasteiger partial charge < -0.3 is 10.5 Å². The molecule has 0 saturated heterocycles. The van der Waals surface area contributed by atoms with Crippen molar-refractivity contribution < 1.29 is 26.3 Å². The van der Waals surface area contributed by atoms with Crippen LogP contribution in [0.3, 0.4) is 0 Å². The number of sulfone groups is 1. The van der Waals surface area contributed by atoms with Crippen LogP contribution in [0, 0.1) is 0 Å². The standard InChI is InChI=1S/C11H14F3NO3S/c1-19(16,17)6-2-5-18-10-4-3-8(7-9(10)15)11(12,13)14/h3-4,7H,2,5-6,15H2,1H3. The lowest BCUT2D eigenvalue weighted by Crippen LogP contribution is -2.10. The summed E-state index contributed by atoms with van der Waals surface area (Å²) >= 11 is 0. The Labute approximate surface area is 109 Å². The van der Waals surface area contributed by atoms with Crippen molar-refractivity contribution in [2.24, 2.45) is 0 Å². The topological polar surface area (TPSA) is 69.4 Å². The minimum atomic E-state index is -4.46. The molecule has 0 bridgehead atoms. The van der Waals surface area contributed by atoms with Gasteiger partial charge in [-0.2, -0.15) is 13.2 Å². The molecule has 0 heterocycles. The molecule has 0 aliphatic carbocycles. The van der Waals surface area contributed by atoms with Crippen molar-refractivity contribution in [2.75, 3.05) is 24.3 Å². The van der Waals surface area contributed by atoms with E-state index in [1.807, 2.05) is 0 Å². The molecule has 0 amide bonds. The van der Waals surface area contributed by atoms with Crippen LogP contribution in [-0.4, -0.2) is 27.0 Å². The number of hydrogen-bond donors (Lipinski definition) is 1. The molecule has 0 fully saturated rings. The average Bonchev–Trinajstić information content (AvgIpc) is 2.23. The number of anilines is 1. The van der Waals surface area contributed by atoms with Crippen LogP contribution in [0.25, 0.3) is 0 Å². The molecule has 108 valence electrons. The van der Waals surface area contributed by atoms with Crippen LogP contribution in [0.4, 0.5) is 18.9 Å². The zero-order chi connectivity index (χ0) is 14.7. The van der Waals surface area contributed by atoms with E-state index in [1.54, 1.807) is 0 Å². The molecule has 4 nitrogen and oxygen atoms in total. The fraction of sp³-hybridized carbons (Fsp3) is 0.455. The molecule has 2 N–H and O–H groups in total. The van der Waals surface area contributed by atoms with E-state index in [4.69, 9.17) is 10.5 Å². The Hall–Kier alpha value is -1.44. The molecule has 19 heavy (non-hydrogen) atoms. The summed E-state index contributed by atoms with van der Waals surface area (Å²) in [6, 6.07) is 2.77. The van der Waals surface area contributed by atoms with Crippen LogP contribution in [0.5, 0.6) is 5.75 Å². The van der Waals surface area contributed by atoms with Crippen molar-refractivity contribution in [3.63, 3.8) is 0 Å². The monoisotopic (exact) mass is 297 g/mol. The summed E-state index contributed by atoms with van der Waals surface area (Å²) in [5.41, 5.74) is 4.46. The van der Waals surface area contributed by atoms with Crippen LogP contribution in [0.15, 0.2) is 18.2 Å². The predicted octanol–water partition coefficient (Wildman–Crippen LogP) is 2.10. The maximum atomic E-state index is 12.4. The van der Waals surface area contributed by atoms with Crippen LogP contribution in [0.1, 0.15) is 12.0 Å². The SMILES string of the molecule is CS(=O)(=O)CCCOc1ccc(C(F)(F)F)cc1N. The Morgan fingerprint density at radius 1 is 1.32 bits per heavy atom. The lowest BCUT2D eigenvalue weighted by atomic mass is 10.2. The summed E-state index contributed by atoms with van der Waals surface area (Å²) in [5, 5.41) is 0. The first kappa shape index (κ1) is 15.6. The second-order valence-electron chi connectivity index (χ2n) is 4.08. The molecule has 0 aliphatic heterocycles. The van der Waals surface area contributed by atoms with E-state index >= 15 is 0 Å². The quantitative estimate of drug-likeness (QED) is 0.667. The molecule has 0 aromatic heterocycles. The Kier molecular flexibility index (Phi) is 4.67. The fourth-order valence-electron chi connectivity index (χ4n) is 1.36. The summed E-state index contributed by atoms with van der Waals surface area (Å²) in [7, 11) is -3.07. The smallest absolute Gasteiger partial charge is 0.416 e. The number of halogens is 3. The number of nitrogens with two attached hydrogens (primary N) is 1. The summed E-state index contributed by atoms with van der Waals surface area (Å²) in [4.78, 5) is 0. The highest BCUT2D eigenvalue weighted by Gasteiger charge is 2.30. The van der Waals surface area contributed by atoms with Gasteiger partial charge in [0.1, 0.15) is 15.6 Å². The number of alkyl halides is 3. The number of benzene rings is 1. The van der Waals surface area contributed by atoms with Gasteiger partial charge in [-0.15, -0.1) is 0 Å². The van der Waals surface area contributed by atoms with Crippen LogP contribution in [0.2, 0.25) is 0 Å². The summed E-state index contributed by atoms with van der Waals surface area (Å²) < 4.78 is 64.0. The van der Waals surface area contributed by atoms with E-state index in [0.29, 0.717) is 0 Å². The van der Waals surface area contributed by atoms with Crippen molar-refractivity contribution in [1.82, 2.24) is 0 Å². The number of ether oxygens (including phenoxy) is 1. The largest absolute Gasteiger partial charge is 0.491 e. The van der Waals surface area contributed by atoms with Crippen LogP contribution in [-0.2, 0) is 16.0 Å². The maximum absolute atomic E-state index is 12.4. The number of nitrogen functional groups attached to an aromatic ring is 1. The van der Waals surface area contributed by atoms with Crippen molar-refractivity contribution in [3.8, 4) is 5.75 Å². The second kappa shape index (κ2) is 5.68. The zero-order valence-electron chi connectivity index (χ0n) is 10.2. The fourth-order valence-corrected chi connectivity index (χ4v) is 2.00.